The molecule has 0 N–H and O–H groups in total. The minimum absolute atomic E-state index is 0.0363. The van der Waals surface area contributed by atoms with Gasteiger partial charge >= 0.3 is 6.18 Å². The molecule has 72 valence electrons. The van der Waals surface area contributed by atoms with Crippen molar-refractivity contribution < 1.29 is 13.2 Å². The molecule has 0 bridgehead atoms. The van der Waals surface area contributed by atoms with E-state index in [-0.39, 0.29) is 10.0 Å². The van der Waals surface area contributed by atoms with Crippen LogP contribution in [-0.2, 0) is 6.18 Å². The van der Waals surface area contributed by atoms with Gasteiger partial charge in [0.15, 0.2) is 0 Å². The molecule has 0 radical (unpaired) electrons. The fraction of sp³-hybridized carbons (Fsp3) is 0.250. The van der Waals surface area contributed by atoms with Crippen LogP contribution >= 0.6 is 23.2 Å². The molecule has 1 aromatic rings. The fourth-order valence-corrected chi connectivity index (χ4v) is 1.42. The monoisotopic (exact) mass is 228 g/mol. The number of hydrogen-bond acceptors (Lipinski definition) is 0. The lowest BCUT2D eigenvalue weighted by Crippen LogP contribution is -2.06. The quantitative estimate of drug-likeness (QED) is 0.621. The average Bonchev–Trinajstić information content (AvgIpc) is 1.94. The third-order valence-corrected chi connectivity index (χ3v) is 2.24. The van der Waals surface area contributed by atoms with Gasteiger partial charge in [-0.3, -0.25) is 0 Å². The summed E-state index contributed by atoms with van der Waals surface area (Å²) in [5.41, 5.74) is -0.569. The van der Waals surface area contributed by atoms with Gasteiger partial charge < -0.3 is 0 Å². The van der Waals surface area contributed by atoms with E-state index in [0.717, 1.165) is 6.07 Å². The first-order valence-electron chi connectivity index (χ1n) is 3.35. The van der Waals surface area contributed by atoms with Crippen molar-refractivity contribution in [1.82, 2.24) is 0 Å². The van der Waals surface area contributed by atoms with E-state index in [1.807, 2.05) is 0 Å². The number of aryl methyl sites for hydroxylation is 1. The zero-order valence-electron chi connectivity index (χ0n) is 6.54. The molecule has 0 spiro atoms. The van der Waals surface area contributed by atoms with Crippen LogP contribution in [-0.4, -0.2) is 0 Å². The van der Waals surface area contributed by atoms with Crippen LogP contribution in [0.5, 0.6) is 0 Å². The molecule has 1 aromatic carbocycles. The van der Waals surface area contributed by atoms with Gasteiger partial charge in [0, 0.05) is 5.02 Å². The minimum Gasteiger partial charge on any atom is -0.166 e. The van der Waals surface area contributed by atoms with Crippen molar-refractivity contribution in [1.29, 1.82) is 0 Å². The molecule has 0 saturated carbocycles. The highest BCUT2D eigenvalue weighted by Crippen LogP contribution is 2.37. The van der Waals surface area contributed by atoms with E-state index in [4.69, 9.17) is 23.2 Å². The summed E-state index contributed by atoms with van der Waals surface area (Å²) in [7, 11) is 0. The first kappa shape index (κ1) is 10.7. The van der Waals surface area contributed by atoms with Crippen molar-refractivity contribution in [2.45, 2.75) is 13.1 Å². The third kappa shape index (κ3) is 2.29. The van der Waals surface area contributed by atoms with E-state index < -0.39 is 11.7 Å². The fourth-order valence-electron chi connectivity index (χ4n) is 0.932. The second kappa shape index (κ2) is 3.39. The maximum Gasteiger partial charge on any atom is 0.417 e. The molecule has 0 nitrogen and oxygen atoms in total. The van der Waals surface area contributed by atoms with Crippen LogP contribution in [0.2, 0.25) is 10.0 Å². The van der Waals surface area contributed by atoms with Crippen molar-refractivity contribution in [3.8, 4) is 0 Å². The van der Waals surface area contributed by atoms with Crippen LogP contribution in [0, 0.1) is 6.92 Å². The SMILES string of the molecule is Cc1cc(Cl)cc(C(F)(F)F)c1Cl. The Bertz CT molecular complexity index is 331. The standard InChI is InChI=1S/C8H5Cl2F3/c1-4-2-5(9)3-6(7(4)10)8(11,12)13/h2-3H,1H3. The van der Waals surface area contributed by atoms with Crippen LogP contribution in [0.15, 0.2) is 12.1 Å². The molecule has 0 aliphatic heterocycles. The van der Waals surface area contributed by atoms with Gasteiger partial charge in [-0.1, -0.05) is 23.2 Å². The molecule has 5 heteroatoms. The Morgan fingerprint density at radius 3 is 2.15 bits per heavy atom. The van der Waals surface area contributed by atoms with Crippen molar-refractivity contribution in [2.75, 3.05) is 0 Å². The van der Waals surface area contributed by atoms with Crippen LogP contribution < -0.4 is 0 Å². The number of halogens is 5. The third-order valence-electron chi connectivity index (χ3n) is 1.52. The Morgan fingerprint density at radius 2 is 1.69 bits per heavy atom. The largest absolute Gasteiger partial charge is 0.417 e. The highest BCUT2D eigenvalue weighted by atomic mass is 35.5. The maximum absolute atomic E-state index is 12.3. The lowest BCUT2D eigenvalue weighted by atomic mass is 10.1. The highest BCUT2D eigenvalue weighted by Gasteiger charge is 2.33. The second-order valence-corrected chi connectivity index (χ2v) is 3.40. The summed E-state index contributed by atoms with van der Waals surface area (Å²) in [5, 5.41) is -0.258. The summed E-state index contributed by atoms with van der Waals surface area (Å²) >= 11 is 10.9. The van der Waals surface area contributed by atoms with Crippen molar-refractivity contribution in [3.63, 3.8) is 0 Å². The molecular formula is C8H5Cl2F3. The van der Waals surface area contributed by atoms with Gasteiger partial charge in [-0.05, 0) is 24.6 Å². The van der Waals surface area contributed by atoms with Crippen LogP contribution in [0.1, 0.15) is 11.1 Å². The first-order valence-corrected chi connectivity index (χ1v) is 4.11. The predicted molar refractivity (Wildman–Crippen MR) is 46.2 cm³/mol. The number of rotatable bonds is 0. The minimum atomic E-state index is -4.45. The summed E-state index contributed by atoms with van der Waals surface area (Å²) in [6.07, 6.45) is -4.45. The van der Waals surface area contributed by atoms with E-state index >= 15 is 0 Å². The molecule has 13 heavy (non-hydrogen) atoms. The molecule has 0 heterocycles. The van der Waals surface area contributed by atoms with Crippen LogP contribution in [0.3, 0.4) is 0 Å². The Kier molecular flexibility index (Phi) is 2.78. The molecule has 0 unspecified atom stereocenters. The number of alkyl halides is 3. The Labute approximate surface area is 83.3 Å². The zero-order chi connectivity index (χ0) is 10.2. The average molecular weight is 229 g/mol. The molecule has 0 aliphatic carbocycles. The zero-order valence-corrected chi connectivity index (χ0v) is 8.06. The van der Waals surface area contributed by atoms with Gasteiger partial charge in [-0.15, -0.1) is 0 Å². The van der Waals surface area contributed by atoms with Gasteiger partial charge in [0.25, 0.3) is 0 Å². The molecule has 1 rings (SSSR count). The van der Waals surface area contributed by atoms with Gasteiger partial charge in [0.2, 0.25) is 0 Å². The number of benzene rings is 1. The highest BCUT2D eigenvalue weighted by molar-refractivity contribution is 6.34. The summed E-state index contributed by atoms with van der Waals surface area (Å²) in [6, 6.07) is 2.20. The Morgan fingerprint density at radius 1 is 1.15 bits per heavy atom. The normalized spacial score (nSPS) is 11.8. The van der Waals surface area contributed by atoms with E-state index in [9.17, 15) is 13.2 Å². The summed E-state index contributed by atoms with van der Waals surface area (Å²) < 4.78 is 36.8. The molecule has 0 amide bonds. The molecule has 0 aliphatic rings. The van der Waals surface area contributed by atoms with Crippen molar-refractivity contribution >= 4 is 23.2 Å². The van der Waals surface area contributed by atoms with E-state index in [1.54, 1.807) is 0 Å². The molecular weight excluding hydrogens is 224 g/mol. The van der Waals surface area contributed by atoms with E-state index in [1.165, 1.54) is 13.0 Å². The smallest absolute Gasteiger partial charge is 0.166 e. The first-order chi connectivity index (χ1) is 5.82. The van der Waals surface area contributed by atoms with E-state index in [2.05, 4.69) is 0 Å². The lowest BCUT2D eigenvalue weighted by molar-refractivity contribution is -0.137. The molecule has 0 atom stereocenters. The van der Waals surface area contributed by atoms with Crippen LogP contribution in [0.4, 0.5) is 13.2 Å². The molecule has 0 saturated heterocycles. The van der Waals surface area contributed by atoms with Crippen molar-refractivity contribution in [2.24, 2.45) is 0 Å². The second-order valence-electron chi connectivity index (χ2n) is 2.58. The van der Waals surface area contributed by atoms with Gasteiger partial charge in [-0.25, -0.2) is 0 Å². The topological polar surface area (TPSA) is 0 Å². The Balaban J connectivity index is 3.37. The van der Waals surface area contributed by atoms with Gasteiger partial charge in [-0.2, -0.15) is 13.2 Å². The van der Waals surface area contributed by atoms with Gasteiger partial charge in [0.05, 0.1) is 10.6 Å². The predicted octanol–water partition coefficient (Wildman–Crippen LogP) is 4.32. The molecule has 0 aromatic heterocycles. The Hall–Kier alpha value is -0.410. The lowest BCUT2D eigenvalue weighted by Gasteiger charge is -2.10. The molecule has 0 fully saturated rings. The summed E-state index contributed by atoms with van der Waals surface area (Å²) in [4.78, 5) is 0. The number of hydrogen-bond donors (Lipinski definition) is 0. The van der Waals surface area contributed by atoms with Gasteiger partial charge in [0.1, 0.15) is 0 Å². The summed E-state index contributed by atoms with van der Waals surface area (Å²) in [5.74, 6) is 0. The van der Waals surface area contributed by atoms with Crippen molar-refractivity contribution in [3.05, 3.63) is 33.3 Å². The van der Waals surface area contributed by atoms with Crippen LogP contribution in [0.25, 0.3) is 0 Å². The maximum atomic E-state index is 12.3. The summed E-state index contributed by atoms with van der Waals surface area (Å²) in [6.45, 7) is 1.48. The van der Waals surface area contributed by atoms with E-state index in [0.29, 0.717) is 5.56 Å².